The summed E-state index contributed by atoms with van der Waals surface area (Å²) < 4.78 is 0. The van der Waals surface area contributed by atoms with Crippen LogP contribution in [-0.2, 0) is 0 Å². The zero-order chi connectivity index (χ0) is 6.81. The smallest absolute Gasteiger partial charge is 0.123 e. The summed E-state index contributed by atoms with van der Waals surface area (Å²) in [6, 6.07) is 0.450. The van der Waals surface area contributed by atoms with Gasteiger partial charge in [-0.15, -0.1) is 0 Å². The highest BCUT2D eigenvalue weighted by Crippen LogP contribution is 2.18. The van der Waals surface area contributed by atoms with Crippen molar-refractivity contribution in [3.05, 3.63) is 18.2 Å². The summed E-state index contributed by atoms with van der Waals surface area (Å²) in [5.41, 5.74) is 0. The van der Waals surface area contributed by atoms with Crippen molar-refractivity contribution in [2.75, 3.05) is 6.54 Å². The van der Waals surface area contributed by atoms with Crippen molar-refractivity contribution in [2.45, 2.75) is 18.9 Å². The summed E-state index contributed by atoms with van der Waals surface area (Å²) in [6.45, 7) is 1.12. The van der Waals surface area contributed by atoms with Gasteiger partial charge in [0.05, 0.1) is 18.4 Å². The molecule has 0 aromatic carbocycles. The molecule has 0 bridgehead atoms. The van der Waals surface area contributed by atoms with Gasteiger partial charge in [0.25, 0.3) is 0 Å². The zero-order valence-corrected chi connectivity index (χ0v) is 5.72. The van der Waals surface area contributed by atoms with Crippen LogP contribution in [0.2, 0.25) is 0 Å². The van der Waals surface area contributed by atoms with Crippen molar-refractivity contribution < 1.29 is 0 Å². The second-order valence-corrected chi connectivity index (χ2v) is 2.56. The van der Waals surface area contributed by atoms with E-state index in [1.165, 1.54) is 12.8 Å². The molecular weight excluding hydrogens is 126 g/mol. The molecule has 3 nitrogen and oxygen atoms in total. The number of nitrogens with one attached hydrogen (secondary N) is 2. The van der Waals surface area contributed by atoms with Crippen LogP contribution in [0.3, 0.4) is 0 Å². The normalized spacial score (nSPS) is 25.4. The van der Waals surface area contributed by atoms with Gasteiger partial charge in [0.2, 0.25) is 0 Å². The fourth-order valence-corrected chi connectivity index (χ4v) is 1.34. The molecule has 1 aromatic rings. The lowest BCUT2D eigenvalue weighted by Gasteiger charge is -2.03. The fourth-order valence-electron chi connectivity index (χ4n) is 1.34. The standard InChI is InChI=1S/C7H10N3/c1-2-6(8-3-1)7-9-4-5-10-7/h4,6,8H,1-3H2,(H,9,10). The second-order valence-electron chi connectivity index (χ2n) is 2.56. The predicted octanol–water partition coefficient (Wildman–Crippen LogP) is 0.634. The van der Waals surface area contributed by atoms with Crippen LogP contribution < -0.4 is 5.32 Å². The van der Waals surface area contributed by atoms with Gasteiger partial charge in [-0.3, -0.25) is 0 Å². The Morgan fingerprint density at radius 2 is 2.70 bits per heavy atom. The molecule has 1 unspecified atom stereocenters. The largest absolute Gasteiger partial charge is 0.339 e. The molecule has 1 saturated heterocycles. The minimum absolute atomic E-state index is 0.450. The molecule has 1 aliphatic rings. The van der Waals surface area contributed by atoms with Gasteiger partial charge in [-0.2, -0.15) is 0 Å². The third-order valence-corrected chi connectivity index (χ3v) is 1.86. The molecule has 2 rings (SSSR count). The maximum atomic E-state index is 4.12. The van der Waals surface area contributed by atoms with Crippen molar-refractivity contribution in [1.29, 1.82) is 0 Å². The molecule has 2 heterocycles. The van der Waals surface area contributed by atoms with E-state index in [1.807, 2.05) is 0 Å². The Kier molecular flexibility index (Phi) is 1.43. The van der Waals surface area contributed by atoms with Crippen molar-refractivity contribution in [2.24, 2.45) is 0 Å². The molecule has 0 spiro atoms. The predicted molar refractivity (Wildman–Crippen MR) is 37.4 cm³/mol. The molecule has 53 valence electrons. The number of hydrogen-bond acceptors (Lipinski definition) is 2. The first-order chi connectivity index (χ1) is 4.97. The average molecular weight is 136 g/mol. The van der Waals surface area contributed by atoms with E-state index in [-0.39, 0.29) is 0 Å². The Morgan fingerprint density at radius 1 is 1.70 bits per heavy atom. The van der Waals surface area contributed by atoms with E-state index in [0.29, 0.717) is 6.04 Å². The molecule has 3 heteroatoms. The lowest BCUT2D eigenvalue weighted by Crippen LogP contribution is -2.13. The summed E-state index contributed by atoms with van der Waals surface area (Å²) in [5.74, 6) is 1.03. The van der Waals surface area contributed by atoms with Crippen molar-refractivity contribution >= 4 is 0 Å². The highest BCUT2D eigenvalue weighted by molar-refractivity contribution is 4.96. The van der Waals surface area contributed by atoms with Crippen LogP contribution in [0, 0.1) is 6.20 Å². The molecule has 0 amide bonds. The van der Waals surface area contributed by atoms with Gasteiger partial charge in [0, 0.05) is 0 Å². The molecule has 1 radical (unpaired) electrons. The summed E-state index contributed by atoms with van der Waals surface area (Å²) in [6.07, 6.45) is 6.96. The Labute approximate surface area is 59.9 Å². The molecule has 0 aliphatic carbocycles. The van der Waals surface area contributed by atoms with Crippen molar-refractivity contribution in [1.82, 2.24) is 15.3 Å². The number of hydrogen-bond donors (Lipinski definition) is 2. The van der Waals surface area contributed by atoms with E-state index in [9.17, 15) is 0 Å². The molecule has 1 aromatic heterocycles. The first-order valence-corrected chi connectivity index (χ1v) is 3.61. The number of aromatic nitrogens is 2. The van der Waals surface area contributed by atoms with E-state index in [0.717, 1.165) is 12.4 Å². The van der Waals surface area contributed by atoms with E-state index < -0.39 is 0 Å². The van der Waals surface area contributed by atoms with Crippen LogP contribution in [-0.4, -0.2) is 16.5 Å². The minimum atomic E-state index is 0.450. The Balaban J connectivity index is 2.12. The number of aromatic amines is 1. The van der Waals surface area contributed by atoms with Crippen LogP contribution in [0.1, 0.15) is 24.7 Å². The molecule has 1 atom stereocenters. The van der Waals surface area contributed by atoms with Crippen LogP contribution in [0.15, 0.2) is 6.20 Å². The number of imidazole rings is 1. The van der Waals surface area contributed by atoms with Gasteiger partial charge in [-0.25, -0.2) is 4.98 Å². The number of nitrogens with zero attached hydrogens (tertiary/aromatic N) is 1. The maximum absolute atomic E-state index is 4.12. The highest BCUT2D eigenvalue weighted by atomic mass is 15.0. The van der Waals surface area contributed by atoms with E-state index in [4.69, 9.17) is 0 Å². The van der Waals surface area contributed by atoms with E-state index in [2.05, 4.69) is 21.5 Å². The molecule has 1 fully saturated rings. The van der Waals surface area contributed by atoms with E-state index in [1.54, 1.807) is 6.20 Å². The van der Waals surface area contributed by atoms with Gasteiger partial charge in [-0.05, 0) is 19.4 Å². The summed E-state index contributed by atoms with van der Waals surface area (Å²) in [4.78, 5) is 7.11. The minimum Gasteiger partial charge on any atom is -0.339 e. The molecule has 2 N–H and O–H groups in total. The fraction of sp³-hybridized carbons (Fsp3) is 0.571. The Bertz CT molecular complexity index is 187. The molecule has 10 heavy (non-hydrogen) atoms. The Morgan fingerprint density at radius 3 is 3.30 bits per heavy atom. The summed E-state index contributed by atoms with van der Waals surface area (Å²) in [7, 11) is 0. The van der Waals surface area contributed by atoms with Gasteiger partial charge < -0.3 is 10.3 Å². The van der Waals surface area contributed by atoms with Crippen LogP contribution in [0.4, 0.5) is 0 Å². The monoisotopic (exact) mass is 136 g/mol. The number of H-pyrrole nitrogens is 1. The average Bonchev–Trinajstić information content (AvgIpc) is 2.59. The molecule has 1 aliphatic heterocycles. The SMILES string of the molecule is [c]1cnc(C2CCCN2)[nH]1. The maximum Gasteiger partial charge on any atom is 0.123 e. The van der Waals surface area contributed by atoms with E-state index >= 15 is 0 Å². The van der Waals surface area contributed by atoms with Gasteiger partial charge in [0.15, 0.2) is 0 Å². The summed E-state index contributed by atoms with van der Waals surface area (Å²) in [5, 5.41) is 3.35. The zero-order valence-electron chi connectivity index (χ0n) is 5.72. The Hall–Kier alpha value is -0.830. The van der Waals surface area contributed by atoms with Crippen molar-refractivity contribution in [3.63, 3.8) is 0 Å². The second kappa shape index (κ2) is 2.42. The third-order valence-electron chi connectivity index (χ3n) is 1.86. The topological polar surface area (TPSA) is 40.7 Å². The lowest BCUT2D eigenvalue weighted by molar-refractivity contribution is 0.612. The first kappa shape index (κ1) is 5.92. The molecular formula is C7H10N3. The highest BCUT2D eigenvalue weighted by Gasteiger charge is 2.17. The van der Waals surface area contributed by atoms with Crippen molar-refractivity contribution in [3.8, 4) is 0 Å². The van der Waals surface area contributed by atoms with Crippen LogP contribution in [0.5, 0.6) is 0 Å². The third kappa shape index (κ3) is 0.926. The van der Waals surface area contributed by atoms with Gasteiger partial charge in [0.1, 0.15) is 5.82 Å². The van der Waals surface area contributed by atoms with Gasteiger partial charge >= 0.3 is 0 Å². The number of rotatable bonds is 1. The summed E-state index contributed by atoms with van der Waals surface area (Å²) >= 11 is 0. The van der Waals surface area contributed by atoms with Gasteiger partial charge in [-0.1, -0.05) is 0 Å². The van der Waals surface area contributed by atoms with Crippen LogP contribution in [0.25, 0.3) is 0 Å². The molecule has 0 saturated carbocycles. The van der Waals surface area contributed by atoms with Crippen LogP contribution >= 0.6 is 0 Å². The lowest BCUT2D eigenvalue weighted by atomic mass is 10.2. The quantitative estimate of drug-likeness (QED) is 0.594. The first-order valence-electron chi connectivity index (χ1n) is 3.61.